The standard InChI is InChI=1S/C17H18N2O4S/c1-12-10-18(8-9-23-12)16(20)11-19-14-6-2-4-13-5-3-7-15(17(13)14)24(19,21)22/h2-7,12H,8-11H2,1H3. The fourth-order valence-electron chi connectivity index (χ4n) is 3.40. The molecule has 7 heteroatoms. The van der Waals surface area contributed by atoms with Gasteiger partial charge in [0, 0.05) is 18.5 Å². The van der Waals surface area contributed by atoms with Gasteiger partial charge in [-0.15, -0.1) is 0 Å². The van der Waals surface area contributed by atoms with Crippen LogP contribution in [0.15, 0.2) is 41.3 Å². The Labute approximate surface area is 140 Å². The van der Waals surface area contributed by atoms with E-state index >= 15 is 0 Å². The van der Waals surface area contributed by atoms with Gasteiger partial charge in [0.05, 0.1) is 23.3 Å². The second-order valence-corrected chi connectivity index (χ2v) is 7.99. The third kappa shape index (κ3) is 2.27. The Morgan fingerprint density at radius 3 is 2.75 bits per heavy atom. The van der Waals surface area contributed by atoms with Gasteiger partial charge >= 0.3 is 0 Å². The summed E-state index contributed by atoms with van der Waals surface area (Å²) in [5.74, 6) is -0.196. The summed E-state index contributed by atoms with van der Waals surface area (Å²) in [5.41, 5.74) is 0.581. The summed E-state index contributed by atoms with van der Waals surface area (Å²) in [4.78, 5) is 14.6. The molecular weight excluding hydrogens is 328 g/mol. The zero-order chi connectivity index (χ0) is 16.9. The Hall–Kier alpha value is -2.12. The molecule has 2 aliphatic heterocycles. The van der Waals surface area contributed by atoms with E-state index in [-0.39, 0.29) is 23.5 Å². The number of benzene rings is 2. The summed E-state index contributed by atoms with van der Waals surface area (Å²) in [7, 11) is -3.69. The van der Waals surface area contributed by atoms with Gasteiger partial charge in [-0.1, -0.05) is 24.3 Å². The van der Waals surface area contributed by atoms with Gasteiger partial charge in [-0.2, -0.15) is 0 Å². The summed E-state index contributed by atoms with van der Waals surface area (Å²) in [6.45, 7) is 3.19. The zero-order valence-electron chi connectivity index (χ0n) is 13.3. The molecule has 2 aliphatic rings. The molecule has 2 heterocycles. The number of amides is 1. The van der Waals surface area contributed by atoms with Crippen molar-refractivity contribution in [3.05, 3.63) is 36.4 Å². The van der Waals surface area contributed by atoms with Crippen LogP contribution in [0.1, 0.15) is 6.92 Å². The van der Waals surface area contributed by atoms with Crippen LogP contribution in [0, 0.1) is 0 Å². The summed E-state index contributed by atoms with van der Waals surface area (Å²) in [5, 5.41) is 1.56. The number of hydrogen-bond donors (Lipinski definition) is 0. The maximum atomic E-state index is 12.9. The normalized spacial score (nSPS) is 22.1. The Bertz CT molecular complexity index is 920. The minimum absolute atomic E-state index is 0.0292. The van der Waals surface area contributed by atoms with Crippen molar-refractivity contribution in [3.8, 4) is 0 Å². The average molecular weight is 346 g/mol. The predicted molar refractivity (Wildman–Crippen MR) is 90.5 cm³/mol. The van der Waals surface area contributed by atoms with Crippen molar-refractivity contribution in [2.24, 2.45) is 0 Å². The molecule has 126 valence electrons. The van der Waals surface area contributed by atoms with E-state index < -0.39 is 10.0 Å². The smallest absolute Gasteiger partial charge is 0.265 e. The van der Waals surface area contributed by atoms with Crippen LogP contribution in [-0.2, 0) is 19.6 Å². The van der Waals surface area contributed by atoms with E-state index in [0.29, 0.717) is 30.8 Å². The van der Waals surface area contributed by atoms with Crippen LogP contribution in [-0.4, -0.2) is 51.6 Å². The number of sulfonamides is 1. The number of ether oxygens (including phenoxy) is 1. The van der Waals surface area contributed by atoms with Crippen molar-refractivity contribution in [1.82, 2.24) is 4.90 Å². The summed E-state index contributed by atoms with van der Waals surface area (Å²) >= 11 is 0. The molecule has 0 bridgehead atoms. The summed E-state index contributed by atoms with van der Waals surface area (Å²) in [6, 6.07) is 10.7. The largest absolute Gasteiger partial charge is 0.375 e. The quantitative estimate of drug-likeness (QED) is 0.828. The molecule has 4 rings (SSSR count). The van der Waals surface area contributed by atoms with E-state index in [1.165, 1.54) is 4.31 Å². The molecule has 1 amide bonds. The molecule has 1 atom stereocenters. The number of rotatable bonds is 2. The fourth-order valence-corrected chi connectivity index (χ4v) is 5.06. The highest BCUT2D eigenvalue weighted by Crippen LogP contribution is 2.41. The van der Waals surface area contributed by atoms with E-state index in [1.807, 2.05) is 25.1 Å². The SMILES string of the molecule is CC1CN(C(=O)CN2c3cccc4cccc(c34)S2(=O)=O)CCO1. The zero-order valence-corrected chi connectivity index (χ0v) is 14.1. The van der Waals surface area contributed by atoms with Crippen LogP contribution >= 0.6 is 0 Å². The van der Waals surface area contributed by atoms with E-state index in [9.17, 15) is 13.2 Å². The number of anilines is 1. The first kappa shape index (κ1) is 15.4. The van der Waals surface area contributed by atoms with Crippen LogP contribution in [0.25, 0.3) is 10.8 Å². The van der Waals surface area contributed by atoms with Crippen molar-refractivity contribution in [1.29, 1.82) is 0 Å². The molecule has 2 aromatic carbocycles. The average Bonchev–Trinajstić information content (AvgIpc) is 2.78. The Morgan fingerprint density at radius 2 is 2.00 bits per heavy atom. The monoisotopic (exact) mass is 346 g/mol. The molecular formula is C17H18N2O4S. The fraction of sp³-hybridized carbons (Fsp3) is 0.353. The Kier molecular flexibility index (Phi) is 3.51. The summed E-state index contributed by atoms with van der Waals surface area (Å²) < 4.78 is 32.4. The van der Waals surface area contributed by atoms with Crippen LogP contribution in [0.5, 0.6) is 0 Å². The van der Waals surface area contributed by atoms with Crippen molar-refractivity contribution in [2.45, 2.75) is 17.9 Å². The molecule has 1 saturated heterocycles. The molecule has 24 heavy (non-hydrogen) atoms. The Morgan fingerprint density at radius 1 is 1.25 bits per heavy atom. The van der Waals surface area contributed by atoms with Crippen molar-refractivity contribution in [2.75, 3.05) is 30.5 Å². The molecule has 1 fully saturated rings. The first-order valence-electron chi connectivity index (χ1n) is 7.92. The maximum absolute atomic E-state index is 12.9. The maximum Gasteiger partial charge on any atom is 0.265 e. The molecule has 0 aromatic heterocycles. The van der Waals surface area contributed by atoms with Gasteiger partial charge < -0.3 is 9.64 Å². The molecule has 1 unspecified atom stereocenters. The first-order valence-corrected chi connectivity index (χ1v) is 9.36. The molecule has 0 saturated carbocycles. The molecule has 0 aliphatic carbocycles. The van der Waals surface area contributed by atoms with E-state index in [4.69, 9.17) is 4.74 Å². The second-order valence-electron chi connectivity index (χ2n) is 6.16. The number of nitrogens with zero attached hydrogens (tertiary/aromatic N) is 2. The number of carbonyl (C=O) groups is 1. The Balaban J connectivity index is 1.70. The topological polar surface area (TPSA) is 66.9 Å². The van der Waals surface area contributed by atoms with Gasteiger partial charge in [0.25, 0.3) is 10.0 Å². The lowest BCUT2D eigenvalue weighted by molar-refractivity contribution is -0.136. The van der Waals surface area contributed by atoms with Crippen LogP contribution in [0.3, 0.4) is 0 Å². The van der Waals surface area contributed by atoms with Crippen LogP contribution in [0.2, 0.25) is 0 Å². The van der Waals surface area contributed by atoms with Gasteiger partial charge in [-0.25, -0.2) is 8.42 Å². The van der Waals surface area contributed by atoms with Gasteiger partial charge in [0.1, 0.15) is 6.54 Å². The second kappa shape index (κ2) is 5.46. The van der Waals surface area contributed by atoms with Gasteiger partial charge in [-0.05, 0) is 24.4 Å². The highest BCUT2D eigenvalue weighted by atomic mass is 32.2. The minimum atomic E-state index is -3.69. The minimum Gasteiger partial charge on any atom is -0.375 e. The van der Waals surface area contributed by atoms with Gasteiger partial charge in [0.2, 0.25) is 5.91 Å². The van der Waals surface area contributed by atoms with Crippen molar-refractivity contribution >= 4 is 32.4 Å². The van der Waals surface area contributed by atoms with E-state index in [2.05, 4.69) is 0 Å². The molecule has 0 radical (unpaired) electrons. The van der Waals surface area contributed by atoms with Crippen molar-refractivity contribution in [3.63, 3.8) is 0 Å². The van der Waals surface area contributed by atoms with Gasteiger partial charge in [-0.3, -0.25) is 9.10 Å². The third-order valence-corrected chi connectivity index (χ3v) is 6.36. The van der Waals surface area contributed by atoms with Crippen LogP contribution in [0.4, 0.5) is 5.69 Å². The lowest BCUT2D eigenvalue weighted by Crippen LogP contribution is -2.48. The molecule has 0 N–H and O–H groups in total. The molecule has 6 nitrogen and oxygen atoms in total. The predicted octanol–water partition coefficient (Wildman–Crippen LogP) is 1.60. The van der Waals surface area contributed by atoms with Crippen LogP contribution < -0.4 is 4.31 Å². The molecule has 2 aromatic rings. The lowest BCUT2D eigenvalue weighted by atomic mass is 10.1. The summed E-state index contributed by atoms with van der Waals surface area (Å²) in [6.07, 6.45) is -0.0292. The van der Waals surface area contributed by atoms with E-state index in [0.717, 1.165) is 5.39 Å². The number of hydrogen-bond acceptors (Lipinski definition) is 4. The van der Waals surface area contributed by atoms with E-state index in [1.54, 1.807) is 23.1 Å². The lowest BCUT2D eigenvalue weighted by Gasteiger charge is -2.32. The van der Waals surface area contributed by atoms with Crippen molar-refractivity contribution < 1.29 is 17.9 Å². The highest BCUT2D eigenvalue weighted by molar-refractivity contribution is 7.93. The number of morpholine rings is 1. The first-order chi connectivity index (χ1) is 11.5. The molecule has 0 spiro atoms. The number of carbonyl (C=O) groups excluding carboxylic acids is 1. The van der Waals surface area contributed by atoms with Gasteiger partial charge in [0.15, 0.2) is 0 Å². The highest BCUT2D eigenvalue weighted by Gasteiger charge is 2.37. The third-order valence-electron chi connectivity index (χ3n) is 4.55.